The van der Waals surface area contributed by atoms with Crippen LogP contribution >= 0.6 is 0 Å². The maximum Gasteiger partial charge on any atom is 1.00 e. The molecular formula is C11H11AgNO2+. The first-order valence-electron chi connectivity index (χ1n) is 4.39. The Morgan fingerprint density at radius 2 is 2.07 bits per heavy atom. The Morgan fingerprint density at radius 1 is 1.33 bits per heavy atom. The van der Waals surface area contributed by atoms with E-state index < -0.39 is 0 Å². The van der Waals surface area contributed by atoms with E-state index in [2.05, 4.69) is 5.16 Å². The van der Waals surface area contributed by atoms with Gasteiger partial charge < -0.3 is 9.94 Å². The maximum atomic E-state index is 8.91. The van der Waals surface area contributed by atoms with E-state index >= 15 is 0 Å². The second-order valence-electron chi connectivity index (χ2n) is 3.09. The van der Waals surface area contributed by atoms with E-state index in [4.69, 9.17) is 9.94 Å². The molecule has 0 bridgehead atoms. The van der Waals surface area contributed by atoms with Gasteiger partial charge in [-0.15, -0.1) is 0 Å². The summed E-state index contributed by atoms with van der Waals surface area (Å²) in [5.41, 5.74) is 2.53. The van der Waals surface area contributed by atoms with Crippen LogP contribution < -0.4 is 0 Å². The topological polar surface area (TPSA) is 41.8 Å². The number of rotatable bonds is 1. The van der Waals surface area contributed by atoms with Crippen molar-refractivity contribution in [1.29, 1.82) is 0 Å². The number of hydrogen-bond donors (Lipinski definition) is 1. The van der Waals surface area contributed by atoms with Gasteiger partial charge in [-0.3, -0.25) is 0 Å². The monoisotopic (exact) mass is 296 g/mol. The maximum absolute atomic E-state index is 8.91. The minimum absolute atomic E-state index is 0. The van der Waals surface area contributed by atoms with Crippen molar-refractivity contribution in [3.05, 3.63) is 41.5 Å². The molecule has 1 aromatic rings. The van der Waals surface area contributed by atoms with Gasteiger partial charge in [0, 0.05) is 12.7 Å². The van der Waals surface area contributed by atoms with Gasteiger partial charge in [-0.25, -0.2) is 0 Å². The van der Waals surface area contributed by atoms with Crippen LogP contribution in [-0.2, 0) is 27.1 Å². The zero-order valence-corrected chi connectivity index (χ0v) is 9.63. The van der Waals surface area contributed by atoms with E-state index in [1.54, 1.807) is 7.11 Å². The van der Waals surface area contributed by atoms with E-state index in [1.165, 1.54) is 0 Å². The summed E-state index contributed by atoms with van der Waals surface area (Å²) in [5, 5.41) is 12.2. The van der Waals surface area contributed by atoms with Gasteiger partial charge in [0.2, 0.25) is 0 Å². The number of oxime groups is 1. The molecule has 0 heterocycles. The number of fused-ring (bicyclic) bond motifs is 1. The molecule has 0 aliphatic heterocycles. The zero-order valence-electron chi connectivity index (χ0n) is 8.15. The minimum atomic E-state index is -0.255. The third-order valence-corrected chi connectivity index (χ3v) is 2.32. The Kier molecular flexibility index (Phi) is 4.29. The van der Waals surface area contributed by atoms with Gasteiger partial charge in [-0.2, -0.15) is 0 Å². The molecule has 4 heteroatoms. The van der Waals surface area contributed by atoms with Crippen LogP contribution in [0.15, 0.2) is 35.5 Å². The first-order chi connectivity index (χ1) is 6.86. The van der Waals surface area contributed by atoms with Crippen molar-refractivity contribution in [3.8, 4) is 0 Å². The van der Waals surface area contributed by atoms with E-state index in [1.807, 2.05) is 36.4 Å². The quantitative estimate of drug-likeness (QED) is 0.489. The van der Waals surface area contributed by atoms with Gasteiger partial charge in [0.05, 0.1) is 0 Å². The molecular weight excluding hydrogens is 286 g/mol. The average Bonchev–Trinajstić information content (AvgIpc) is 2.27. The Morgan fingerprint density at radius 3 is 2.73 bits per heavy atom. The van der Waals surface area contributed by atoms with Crippen LogP contribution in [0, 0.1) is 0 Å². The van der Waals surface area contributed by atoms with Gasteiger partial charge in [0.25, 0.3) is 0 Å². The van der Waals surface area contributed by atoms with Crippen molar-refractivity contribution in [1.82, 2.24) is 0 Å². The third kappa shape index (κ3) is 2.21. The van der Waals surface area contributed by atoms with Crippen LogP contribution in [0.25, 0.3) is 6.08 Å². The van der Waals surface area contributed by atoms with E-state index in [0.29, 0.717) is 5.71 Å². The Hall–Kier alpha value is -0.870. The molecule has 82 valence electrons. The van der Waals surface area contributed by atoms with Crippen LogP contribution in [0.1, 0.15) is 11.1 Å². The van der Waals surface area contributed by atoms with Crippen molar-refractivity contribution in [2.24, 2.45) is 5.16 Å². The summed E-state index contributed by atoms with van der Waals surface area (Å²) < 4.78 is 5.17. The minimum Gasteiger partial charge on any atom is -0.411 e. The van der Waals surface area contributed by atoms with E-state index in [9.17, 15) is 0 Å². The van der Waals surface area contributed by atoms with Crippen molar-refractivity contribution in [3.63, 3.8) is 0 Å². The van der Waals surface area contributed by atoms with Crippen molar-refractivity contribution >= 4 is 11.8 Å². The van der Waals surface area contributed by atoms with Crippen molar-refractivity contribution in [2.45, 2.75) is 6.10 Å². The van der Waals surface area contributed by atoms with Crippen LogP contribution in [0.2, 0.25) is 0 Å². The molecule has 0 saturated carbocycles. The molecule has 1 atom stereocenters. The van der Waals surface area contributed by atoms with Gasteiger partial charge in [-0.1, -0.05) is 35.5 Å². The first-order valence-corrected chi connectivity index (χ1v) is 4.39. The molecule has 0 radical (unpaired) electrons. The molecule has 2 rings (SSSR count). The Labute approximate surface area is 104 Å². The molecule has 3 nitrogen and oxygen atoms in total. The van der Waals surface area contributed by atoms with Gasteiger partial charge in [0.1, 0.15) is 11.8 Å². The average molecular weight is 297 g/mol. The fourth-order valence-corrected chi connectivity index (χ4v) is 1.61. The normalized spacial score (nSPS) is 20.9. The fourth-order valence-electron chi connectivity index (χ4n) is 1.61. The Balaban J connectivity index is 0.00000112. The molecule has 1 aliphatic rings. The molecule has 0 aromatic heterocycles. The summed E-state index contributed by atoms with van der Waals surface area (Å²) in [7, 11) is 1.59. The van der Waals surface area contributed by atoms with Gasteiger partial charge in [0.15, 0.2) is 0 Å². The standard InChI is InChI=1S/C11H11NO2.Ag/c1-14-10-7-6-8-4-2-3-5-9(8)11(10)12-13;/h2-7,10,13H,1H3;/q;+1/b12-11+;. The number of benzene rings is 1. The predicted molar refractivity (Wildman–Crippen MR) is 54.6 cm³/mol. The molecule has 15 heavy (non-hydrogen) atoms. The predicted octanol–water partition coefficient (Wildman–Crippen LogP) is 1.90. The first kappa shape index (κ1) is 12.2. The molecule has 1 aromatic carbocycles. The summed E-state index contributed by atoms with van der Waals surface area (Å²) in [6.45, 7) is 0. The molecule has 1 N–H and O–H groups in total. The Bertz CT molecular complexity index is 401. The molecule has 0 spiro atoms. The molecule has 1 unspecified atom stereocenters. The van der Waals surface area contributed by atoms with Gasteiger partial charge in [-0.05, 0) is 11.6 Å². The van der Waals surface area contributed by atoms with Crippen LogP contribution in [0.4, 0.5) is 0 Å². The molecule has 0 amide bonds. The smallest absolute Gasteiger partial charge is 0.411 e. The van der Waals surface area contributed by atoms with E-state index in [-0.39, 0.29) is 28.5 Å². The molecule has 0 saturated heterocycles. The zero-order chi connectivity index (χ0) is 9.97. The number of hydrogen-bond acceptors (Lipinski definition) is 3. The summed E-state index contributed by atoms with van der Waals surface area (Å²) >= 11 is 0. The van der Waals surface area contributed by atoms with Crippen LogP contribution in [0.5, 0.6) is 0 Å². The summed E-state index contributed by atoms with van der Waals surface area (Å²) in [5.74, 6) is 0. The van der Waals surface area contributed by atoms with E-state index in [0.717, 1.165) is 11.1 Å². The SMILES string of the molecule is COC1C=Cc2ccccc2/C1=N\O.[Ag+]. The van der Waals surface area contributed by atoms with Crippen molar-refractivity contribution < 1.29 is 32.3 Å². The number of methoxy groups -OCH3 is 1. The molecule has 0 fully saturated rings. The number of nitrogens with zero attached hydrogens (tertiary/aromatic N) is 1. The summed E-state index contributed by atoms with van der Waals surface area (Å²) in [6.07, 6.45) is 3.59. The molecule has 1 aliphatic carbocycles. The summed E-state index contributed by atoms with van der Waals surface area (Å²) in [4.78, 5) is 0. The van der Waals surface area contributed by atoms with Crippen molar-refractivity contribution in [2.75, 3.05) is 7.11 Å². The number of ether oxygens (including phenoxy) is 1. The van der Waals surface area contributed by atoms with Crippen LogP contribution in [-0.4, -0.2) is 24.1 Å². The second kappa shape index (κ2) is 5.28. The fraction of sp³-hybridized carbons (Fsp3) is 0.182. The largest absolute Gasteiger partial charge is 1.00 e. The third-order valence-electron chi connectivity index (χ3n) is 2.32. The summed E-state index contributed by atoms with van der Waals surface area (Å²) in [6, 6.07) is 7.75. The van der Waals surface area contributed by atoms with Crippen LogP contribution in [0.3, 0.4) is 0 Å². The van der Waals surface area contributed by atoms with Gasteiger partial charge >= 0.3 is 22.4 Å². The second-order valence-corrected chi connectivity index (χ2v) is 3.09.